The zero-order chi connectivity index (χ0) is 17.8. The number of aromatic nitrogens is 1. The van der Waals surface area contributed by atoms with Gasteiger partial charge in [-0.1, -0.05) is 17.3 Å². The zero-order valence-electron chi connectivity index (χ0n) is 14.9. The quantitative estimate of drug-likeness (QED) is 0.922. The highest BCUT2D eigenvalue weighted by molar-refractivity contribution is 5.74. The van der Waals surface area contributed by atoms with E-state index in [9.17, 15) is 4.79 Å². The molecule has 7 nitrogen and oxygen atoms in total. The molecule has 0 atom stereocenters. The molecule has 0 aliphatic carbocycles. The number of ether oxygens (including phenoxy) is 1. The summed E-state index contributed by atoms with van der Waals surface area (Å²) < 4.78 is 10.6. The maximum atomic E-state index is 12.4. The third-order valence-corrected chi connectivity index (χ3v) is 4.59. The number of benzene rings is 1. The van der Waals surface area contributed by atoms with Crippen molar-refractivity contribution in [1.82, 2.24) is 15.4 Å². The summed E-state index contributed by atoms with van der Waals surface area (Å²) in [5.41, 5.74) is 2.83. The van der Waals surface area contributed by atoms with Crippen LogP contribution >= 0.6 is 0 Å². The van der Waals surface area contributed by atoms with Crippen LogP contribution in [-0.2, 0) is 6.54 Å². The number of nitrogens with one attached hydrogen (secondary N) is 1. The van der Waals surface area contributed by atoms with Crippen molar-refractivity contribution in [2.75, 3.05) is 38.2 Å². The maximum Gasteiger partial charge on any atom is 0.317 e. The number of hydrogen-bond donors (Lipinski definition) is 1. The van der Waals surface area contributed by atoms with Gasteiger partial charge in [-0.3, -0.25) is 0 Å². The highest BCUT2D eigenvalue weighted by atomic mass is 16.5. The fourth-order valence-corrected chi connectivity index (χ4v) is 3.07. The van der Waals surface area contributed by atoms with Crippen molar-refractivity contribution in [2.24, 2.45) is 0 Å². The molecule has 134 valence electrons. The van der Waals surface area contributed by atoms with Gasteiger partial charge in [0, 0.05) is 38.3 Å². The molecule has 0 bridgehead atoms. The van der Waals surface area contributed by atoms with Gasteiger partial charge in [0.05, 0.1) is 18.5 Å². The molecule has 0 radical (unpaired) electrons. The Morgan fingerprint density at radius 2 is 1.96 bits per heavy atom. The van der Waals surface area contributed by atoms with Crippen molar-refractivity contribution in [3.05, 3.63) is 41.3 Å². The molecule has 1 aromatic heterocycles. The lowest BCUT2D eigenvalue weighted by Gasteiger charge is -2.36. The summed E-state index contributed by atoms with van der Waals surface area (Å²) in [4.78, 5) is 16.5. The average Bonchev–Trinajstić information content (AvgIpc) is 2.97. The van der Waals surface area contributed by atoms with Crippen LogP contribution in [0.25, 0.3) is 0 Å². The standard InChI is InChI=1S/C18H24N4O3/c1-13-15(14(2)25-20-13)12-19-18(23)22-10-8-21(9-11-22)16-6-4-5-7-17(16)24-3/h4-7H,8-12H2,1-3H3,(H,19,23). The number of carbonyl (C=O) groups excluding carboxylic acids is 1. The SMILES string of the molecule is COc1ccccc1N1CCN(C(=O)NCc2c(C)noc2C)CC1. The van der Waals surface area contributed by atoms with Gasteiger partial charge in [0.25, 0.3) is 0 Å². The van der Waals surface area contributed by atoms with Gasteiger partial charge in [0.1, 0.15) is 11.5 Å². The fraction of sp³-hybridized carbons (Fsp3) is 0.444. The minimum absolute atomic E-state index is 0.0559. The number of piperazine rings is 1. The van der Waals surface area contributed by atoms with E-state index in [1.165, 1.54) is 0 Å². The number of methoxy groups -OCH3 is 1. The molecule has 0 saturated carbocycles. The van der Waals surface area contributed by atoms with Crippen molar-refractivity contribution < 1.29 is 14.1 Å². The Bertz CT molecular complexity index is 716. The van der Waals surface area contributed by atoms with Crippen LogP contribution in [0.5, 0.6) is 5.75 Å². The third kappa shape index (κ3) is 3.70. The van der Waals surface area contributed by atoms with Gasteiger partial charge in [-0.2, -0.15) is 0 Å². The highest BCUT2D eigenvalue weighted by Crippen LogP contribution is 2.28. The van der Waals surface area contributed by atoms with Crippen LogP contribution in [0, 0.1) is 13.8 Å². The minimum atomic E-state index is -0.0559. The van der Waals surface area contributed by atoms with Crippen LogP contribution in [0.2, 0.25) is 0 Å². The van der Waals surface area contributed by atoms with Gasteiger partial charge in [-0.15, -0.1) is 0 Å². The topological polar surface area (TPSA) is 70.8 Å². The number of amides is 2. The summed E-state index contributed by atoms with van der Waals surface area (Å²) in [7, 11) is 1.68. The van der Waals surface area contributed by atoms with Crippen molar-refractivity contribution in [3.63, 3.8) is 0 Å². The van der Waals surface area contributed by atoms with Gasteiger partial charge >= 0.3 is 6.03 Å². The van der Waals surface area contributed by atoms with E-state index in [2.05, 4.69) is 15.4 Å². The van der Waals surface area contributed by atoms with E-state index in [0.717, 1.165) is 41.5 Å². The summed E-state index contributed by atoms with van der Waals surface area (Å²) in [5.74, 6) is 1.61. The van der Waals surface area contributed by atoms with Crippen molar-refractivity contribution in [2.45, 2.75) is 20.4 Å². The molecule has 1 aliphatic rings. The molecule has 1 fully saturated rings. The number of urea groups is 1. The number of anilines is 1. The summed E-state index contributed by atoms with van der Waals surface area (Å²) in [6.45, 7) is 7.07. The molecule has 25 heavy (non-hydrogen) atoms. The van der Waals surface area contributed by atoms with E-state index in [4.69, 9.17) is 9.26 Å². The van der Waals surface area contributed by atoms with Crippen LogP contribution in [-0.4, -0.2) is 49.4 Å². The molecular weight excluding hydrogens is 320 g/mol. The van der Waals surface area contributed by atoms with Gasteiger partial charge in [-0.25, -0.2) is 4.79 Å². The van der Waals surface area contributed by atoms with E-state index in [0.29, 0.717) is 19.6 Å². The highest BCUT2D eigenvalue weighted by Gasteiger charge is 2.23. The summed E-state index contributed by atoms with van der Waals surface area (Å²) in [6.07, 6.45) is 0. The Morgan fingerprint density at radius 3 is 2.60 bits per heavy atom. The van der Waals surface area contributed by atoms with Crippen LogP contribution < -0.4 is 15.0 Å². The van der Waals surface area contributed by atoms with Crippen LogP contribution in [0.3, 0.4) is 0 Å². The van der Waals surface area contributed by atoms with Crippen molar-refractivity contribution in [3.8, 4) is 5.75 Å². The first-order valence-electron chi connectivity index (χ1n) is 8.42. The van der Waals surface area contributed by atoms with Gasteiger partial charge in [0.2, 0.25) is 0 Å². The first-order valence-corrected chi connectivity index (χ1v) is 8.42. The smallest absolute Gasteiger partial charge is 0.317 e. The second-order valence-electron chi connectivity index (χ2n) is 6.11. The maximum absolute atomic E-state index is 12.4. The van der Waals surface area contributed by atoms with E-state index in [1.807, 2.05) is 43.0 Å². The Balaban J connectivity index is 1.54. The number of para-hydroxylation sites is 2. The molecular formula is C18H24N4O3. The summed E-state index contributed by atoms with van der Waals surface area (Å²) >= 11 is 0. The second kappa shape index (κ2) is 7.46. The molecule has 2 amide bonds. The number of aryl methyl sites for hydroxylation is 2. The lowest BCUT2D eigenvalue weighted by atomic mass is 10.2. The summed E-state index contributed by atoms with van der Waals surface area (Å²) in [5, 5.41) is 6.87. The van der Waals surface area contributed by atoms with Crippen LogP contribution in [0.15, 0.2) is 28.8 Å². The molecule has 1 N–H and O–H groups in total. The van der Waals surface area contributed by atoms with Gasteiger partial charge in [-0.05, 0) is 26.0 Å². The largest absolute Gasteiger partial charge is 0.495 e. The van der Waals surface area contributed by atoms with E-state index >= 15 is 0 Å². The van der Waals surface area contributed by atoms with E-state index < -0.39 is 0 Å². The van der Waals surface area contributed by atoms with Crippen LogP contribution in [0.1, 0.15) is 17.0 Å². The van der Waals surface area contributed by atoms with Gasteiger partial charge < -0.3 is 24.4 Å². The number of rotatable bonds is 4. The Morgan fingerprint density at radius 1 is 1.24 bits per heavy atom. The predicted octanol–water partition coefficient (Wildman–Crippen LogP) is 2.33. The molecule has 1 saturated heterocycles. The third-order valence-electron chi connectivity index (χ3n) is 4.59. The zero-order valence-corrected chi connectivity index (χ0v) is 14.9. The predicted molar refractivity (Wildman–Crippen MR) is 95.0 cm³/mol. The van der Waals surface area contributed by atoms with Crippen molar-refractivity contribution in [1.29, 1.82) is 0 Å². The number of carbonyl (C=O) groups is 1. The van der Waals surface area contributed by atoms with Gasteiger partial charge in [0.15, 0.2) is 0 Å². The first-order chi connectivity index (χ1) is 12.1. The van der Waals surface area contributed by atoms with E-state index in [1.54, 1.807) is 7.11 Å². The number of nitrogens with zero attached hydrogens (tertiary/aromatic N) is 3. The fourth-order valence-electron chi connectivity index (χ4n) is 3.07. The second-order valence-corrected chi connectivity index (χ2v) is 6.11. The molecule has 3 rings (SSSR count). The molecule has 2 heterocycles. The molecule has 1 aliphatic heterocycles. The minimum Gasteiger partial charge on any atom is -0.495 e. The lowest BCUT2D eigenvalue weighted by molar-refractivity contribution is 0.194. The Labute approximate surface area is 147 Å². The molecule has 2 aromatic rings. The number of hydrogen-bond acceptors (Lipinski definition) is 5. The monoisotopic (exact) mass is 344 g/mol. The van der Waals surface area contributed by atoms with Crippen LogP contribution in [0.4, 0.5) is 10.5 Å². The molecule has 0 spiro atoms. The Hall–Kier alpha value is -2.70. The molecule has 0 unspecified atom stereocenters. The Kier molecular flexibility index (Phi) is 5.11. The van der Waals surface area contributed by atoms with E-state index in [-0.39, 0.29) is 6.03 Å². The average molecular weight is 344 g/mol. The summed E-state index contributed by atoms with van der Waals surface area (Å²) in [6, 6.07) is 7.91. The lowest BCUT2D eigenvalue weighted by Crippen LogP contribution is -2.51. The first kappa shape index (κ1) is 17.1. The normalized spacial score (nSPS) is 14.5. The molecule has 7 heteroatoms. The molecule has 1 aromatic carbocycles. The van der Waals surface area contributed by atoms with Crippen molar-refractivity contribution >= 4 is 11.7 Å².